The van der Waals surface area contributed by atoms with Crippen LogP contribution >= 0.6 is 0 Å². The lowest BCUT2D eigenvalue weighted by atomic mass is 10.0. The number of unbranched alkanes of at least 4 members (excludes halogenated alkanes) is 20. The van der Waals surface area contributed by atoms with Gasteiger partial charge in [0.1, 0.15) is 0 Å². The second-order valence-electron chi connectivity index (χ2n) is 12.9. The van der Waals surface area contributed by atoms with E-state index in [-0.39, 0.29) is 6.61 Å². The largest absolute Gasteiger partial charge is 0.395 e. The Morgan fingerprint density at radius 1 is 0.512 bits per heavy atom. The second-order valence-corrected chi connectivity index (χ2v) is 12.9. The molecule has 0 aromatic heterocycles. The number of allylic oxidation sites excluding steroid dienone is 4. The molecule has 1 aliphatic heterocycles. The van der Waals surface area contributed by atoms with Crippen LogP contribution in [0.3, 0.4) is 0 Å². The molecule has 1 N–H and O–H groups in total. The van der Waals surface area contributed by atoms with E-state index in [1.54, 1.807) is 0 Å². The smallest absolute Gasteiger partial charge is 0.0706 e. The summed E-state index contributed by atoms with van der Waals surface area (Å²) in [7, 11) is 0. The topological polar surface area (TPSA) is 32.7 Å². The van der Waals surface area contributed by atoms with Gasteiger partial charge in [0.2, 0.25) is 0 Å². The van der Waals surface area contributed by atoms with Crippen molar-refractivity contribution in [1.82, 2.24) is 4.90 Å². The number of ether oxygens (including phenoxy) is 1. The minimum absolute atomic E-state index is 0.262. The van der Waals surface area contributed by atoms with Crippen LogP contribution in [-0.4, -0.2) is 48.5 Å². The highest BCUT2D eigenvalue weighted by molar-refractivity contribution is 4.82. The summed E-state index contributed by atoms with van der Waals surface area (Å²) in [6, 6.07) is 0. The van der Waals surface area contributed by atoms with Crippen LogP contribution in [0.4, 0.5) is 0 Å². The number of morpholine rings is 1. The third-order valence-corrected chi connectivity index (χ3v) is 8.80. The lowest BCUT2D eigenvalue weighted by Crippen LogP contribution is -2.48. The molecule has 2 atom stereocenters. The van der Waals surface area contributed by atoms with Gasteiger partial charge in [0, 0.05) is 19.6 Å². The van der Waals surface area contributed by atoms with Crippen molar-refractivity contribution in [2.45, 2.75) is 193 Å². The first-order valence-electron chi connectivity index (χ1n) is 18.6. The van der Waals surface area contributed by atoms with Crippen molar-refractivity contribution in [3.63, 3.8) is 0 Å². The number of β-amino-alcohol motifs (C(OH)–C–C–N with tert-alkyl or cyclic N) is 1. The number of nitrogens with zero attached hydrogens (tertiary/aromatic N) is 1. The summed E-state index contributed by atoms with van der Waals surface area (Å²) in [5.41, 5.74) is 0. The van der Waals surface area contributed by atoms with Crippen LogP contribution in [0, 0.1) is 0 Å². The van der Waals surface area contributed by atoms with Gasteiger partial charge in [-0.3, -0.25) is 4.90 Å². The third-order valence-electron chi connectivity index (χ3n) is 8.80. The highest BCUT2D eigenvalue weighted by Gasteiger charge is 2.26. The molecule has 242 valence electrons. The average molecular weight is 576 g/mol. The Bertz CT molecular complexity index is 529. The second kappa shape index (κ2) is 30.8. The van der Waals surface area contributed by atoms with E-state index in [9.17, 15) is 5.11 Å². The van der Waals surface area contributed by atoms with E-state index in [1.165, 1.54) is 167 Å². The standard InChI is InChI=1S/C38H73NO2/c1-3-5-7-9-11-13-15-17-19-21-23-25-27-29-31-37-35-39(33-34-40)36-38(41-37)32-30-28-26-24-22-20-18-16-14-12-10-8-6-4-2/h17-20,37-38,40H,3-16,21-36H2,1-2H3/b19-17-,20-18-. The van der Waals surface area contributed by atoms with E-state index in [4.69, 9.17) is 4.74 Å². The minimum atomic E-state index is 0.262. The summed E-state index contributed by atoms with van der Waals surface area (Å²) in [6.45, 7) is 7.64. The zero-order chi connectivity index (χ0) is 29.5. The van der Waals surface area contributed by atoms with Gasteiger partial charge < -0.3 is 9.84 Å². The normalized spacial score (nSPS) is 18.3. The fourth-order valence-electron chi connectivity index (χ4n) is 6.18. The molecular formula is C38H73NO2. The van der Waals surface area contributed by atoms with Crippen molar-refractivity contribution >= 4 is 0 Å². The Labute approximate surface area is 258 Å². The number of aliphatic hydroxyl groups excluding tert-OH is 1. The molecule has 0 aromatic carbocycles. The van der Waals surface area contributed by atoms with Crippen molar-refractivity contribution in [3.8, 4) is 0 Å². The zero-order valence-corrected chi connectivity index (χ0v) is 28.0. The maximum Gasteiger partial charge on any atom is 0.0706 e. The Kier molecular flexibility index (Phi) is 28.8. The van der Waals surface area contributed by atoms with Gasteiger partial charge in [-0.1, -0.05) is 141 Å². The Morgan fingerprint density at radius 2 is 0.854 bits per heavy atom. The van der Waals surface area contributed by atoms with E-state index in [0.717, 1.165) is 19.6 Å². The van der Waals surface area contributed by atoms with Crippen LogP contribution in [-0.2, 0) is 4.74 Å². The predicted octanol–water partition coefficient (Wildman–Crippen LogP) is 11.3. The van der Waals surface area contributed by atoms with Gasteiger partial charge >= 0.3 is 0 Å². The third kappa shape index (κ3) is 25.6. The van der Waals surface area contributed by atoms with Crippen LogP contribution in [0.15, 0.2) is 24.3 Å². The molecule has 0 amide bonds. The first-order chi connectivity index (χ1) is 20.3. The molecule has 0 spiro atoms. The fraction of sp³-hybridized carbons (Fsp3) is 0.895. The van der Waals surface area contributed by atoms with Gasteiger partial charge in [0.25, 0.3) is 0 Å². The van der Waals surface area contributed by atoms with E-state index in [1.807, 2.05) is 0 Å². The van der Waals surface area contributed by atoms with Gasteiger partial charge in [-0.15, -0.1) is 0 Å². The summed E-state index contributed by atoms with van der Waals surface area (Å²) in [5, 5.41) is 9.51. The summed E-state index contributed by atoms with van der Waals surface area (Å²) in [4.78, 5) is 2.45. The van der Waals surface area contributed by atoms with E-state index in [2.05, 4.69) is 43.1 Å². The molecule has 3 nitrogen and oxygen atoms in total. The van der Waals surface area contributed by atoms with E-state index in [0.29, 0.717) is 12.2 Å². The van der Waals surface area contributed by atoms with Crippen molar-refractivity contribution in [2.24, 2.45) is 0 Å². The molecule has 1 aliphatic rings. The molecule has 0 aromatic rings. The number of hydrogen-bond acceptors (Lipinski definition) is 3. The molecule has 41 heavy (non-hydrogen) atoms. The maximum absolute atomic E-state index is 9.51. The molecule has 0 aliphatic carbocycles. The summed E-state index contributed by atoms with van der Waals surface area (Å²) in [5.74, 6) is 0. The molecule has 0 radical (unpaired) electrons. The molecule has 0 saturated carbocycles. The fourth-order valence-corrected chi connectivity index (χ4v) is 6.18. The quantitative estimate of drug-likeness (QED) is 0.0683. The molecule has 3 heteroatoms. The molecule has 1 saturated heterocycles. The van der Waals surface area contributed by atoms with Gasteiger partial charge in [-0.05, 0) is 64.2 Å². The van der Waals surface area contributed by atoms with Gasteiger partial charge in [-0.2, -0.15) is 0 Å². The van der Waals surface area contributed by atoms with Gasteiger partial charge in [0.15, 0.2) is 0 Å². The molecule has 1 fully saturated rings. The molecular weight excluding hydrogens is 502 g/mol. The SMILES string of the molecule is CCCCCCCC/C=C\CCCCCCC1CN(CCO)CC(CCCCCC/C=C\CCCCCCCC)O1. The number of hydrogen-bond donors (Lipinski definition) is 1. The molecule has 1 rings (SSSR count). The van der Waals surface area contributed by atoms with Crippen molar-refractivity contribution in [3.05, 3.63) is 24.3 Å². The maximum atomic E-state index is 9.51. The van der Waals surface area contributed by atoms with Crippen LogP contribution in [0.25, 0.3) is 0 Å². The van der Waals surface area contributed by atoms with E-state index < -0.39 is 0 Å². The zero-order valence-electron chi connectivity index (χ0n) is 28.0. The van der Waals surface area contributed by atoms with Crippen LogP contribution in [0.1, 0.15) is 181 Å². The Hall–Kier alpha value is -0.640. The van der Waals surface area contributed by atoms with Crippen LogP contribution in [0.5, 0.6) is 0 Å². The molecule has 1 heterocycles. The van der Waals surface area contributed by atoms with Gasteiger partial charge in [-0.25, -0.2) is 0 Å². The summed E-state index contributed by atoms with van der Waals surface area (Å²) in [6.07, 6.45) is 45.0. The number of aliphatic hydroxyl groups is 1. The summed E-state index contributed by atoms with van der Waals surface area (Å²) >= 11 is 0. The van der Waals surface area contributed by atoms with Gasteiger partial charge in [0.05, 0.1) is 18.8 Å². The highest BCUT2D eigenvalue weighted by atomic mass is 16.5. The van der Waals surface area contributed by atoms with Crippen molar-refractivity contribution in [2.75, 3.05) is 26.2 Å². The average Bonchev–Trinajstić information content (AvgIpc) is 2.97. The van der Waals surface area contributed by atoms with Crippen LogP contribution < -0.4 is 0 Å². The first-order valence-corrected chi connectivity index (χ1v) is 18.6. The number of rotatable bonds is 30. The minimum Gasteiger partial charge on any atom is -0.395 e. The summed E-state index contributed by atoms with van der Waals surface area (Å²) < 4.78 is 6.54. The Morgan fingerprint density at radius 3 is 1.22 bits per heavy atom. The lowest BCUT2D eigenvalue weighted by Gasteiger charge is -2.38. The van der Waals surface area contributed by atoms with Crippen LogP contribution in [0.2, 0.25) is 0 Å². The highest BCUT2D eigenvalue weighted by Crippen LogP contribution is 2.21. The molecule has 2 unspecified atom stereocenters. The molecule has 0 bridgehead atoms. The Balaban J connectivity index is 2.03. The monoisotopic (exact) mass is 576 g/mol. The van der Waals surface area contributed by atoms with E-state index >= 15 is 0 Å². The van der Waals surface area contributed by atoms with Crippen molar-refractivity contribution in [1.29, 1.82) is 0 Å². The predicted molar refractivity (Wildman–Crippen MR) is 182 cm³/mol. The van der Waals surface area contributed by atoms with Crippen molar-refractivity contribution < 1.29 is 9.84 Å². The first kappa shape index (κ1) is 38.4. The lowest BCUT2D eigenvalue weighted by molar-refractivity contribution is -0.0940.